The quantitative estimate of drug-likeness (QED) is 0.744. The Bertz CT molecular complexity index is 532. The standard InChI is InChI=1S/C20H31N/c1-18(2,3)15-9-7-8-10-16(15)21-17-19(4,5)14-11-12-20(17,6)13-14/h7-10,14,17,21H,11-13H2,1-6H3/t14-,17?,20+/m0/s1. The average Bonchev–Trinajstić information content (AvgIpc) is 2.85. The molecule has 116 valence electrons. The van der Waals surface area contributed by atoms with Crippen LogP contribution in [0.15, 0.2) is 24.3 Å². The van der Waals surface area contributed by atoms with Crippen LogP contribution in [0.3, 0.4) is 0 Å². The molecule has 0 heterocycles. The summed E-state index contributed by atoms with van der Waals surface area (Å²) in [7, 11) is 0. The van der Waals surface area contributed by atoms with Crippen molar-refractivity contribution in [1.29, 1.82) is 0 Å². The first-order valence-corrected chi connectivity index (χ1v) is 8.51. The van der Waals surface area contributed by atoms with Crippen LogP contribution in [-0.2, 0) is 5.41 Å². The van der Waals surface area contributed by atoms with Gasteiger partial charge in [0.25, 0.3) is 0 Å². The number of hydrogen-bond acceptors (Lipinski definition) is 1. The van der Waals surface area contributed by atoms with Gasteiger partial charge in [0.2, 0.25) is 0 Å². The lowest BCUT2D eigenvalue weighted by Gasteiger charge is -2.44. The minimum Gasteiger partial charge on any atom is -0.381 e. The second-order valence-electron chi connectivity index (χ2n) is 9.29. The Balaban J connectivity index is 1.95. The molecule has 0 spiro atoms. The van der Waals surface area contributed by atoms with Crippen molar-refractivity contribution < 1.29 is 0 Å². The Kier molecular flexibility index (Phi) is 3.21. The van der Waals surface area contributed by atoms with Crippen molar-refractivity contribution in [3.05, 3.63) is 29.8 Å². The summed E-state index contributed by atoms with van der Waals surface area (Å²) in [5, 5.41) is 3.98. The van der Waals surface area contributed by atoms with Gasteiger partial charge < -0.3 is 5.32 Å². The molecule has 21 heavy (non-hydrogen) atoms. The molecule has 2 aliphatic carbocycles. The van der Waals surface area contributed by atoms with E-state index in [0.29, 0.717) is 16.9 Å². The lowest BCUT2D eigenvalue weighted by molar-refractivity contribution is 0.155. The molecule has 2 aliphatic rings. The summed E-state index contributed by atoms with van der Waals surface area (Å²) in [6, 6.07) is 9.48. The SMILES string of the molecule is CC(C)(C)c1ccccc1NC1C(C)(C)[C@H]2CC[C@]1(C)C2. The fourth-order valence-electron chi connectivity index (χ4n) is 5.08. The third kappa shape index (κ3) is 2.29. The summed E-state index contributed by atoms with van der Waals surface area (Å²) in [6.07, 6.45) is 4.20. The van der Waals surface area contributed by atoms with Crippen LogP contribution in [0.4, 0.5) is 5.69 Å². The minimum atomic E-state index is 0.187. The first-order valence-electron chi connectivity index (χ1n) is 8.51. The summed E-state index contributed by atoms with van der Waals surface area (Å²) >= 11 is 0. The molecule has 0 radical (unpaired) electrons. The molecular formula is C20H31N. The first-order chi connectivity index (χ1) is 9.64. The van der Waals surface area contributed by atoms with Gasteiger partial charge in [-0.1, -0.05) is 59.7 Å². The Morgan fingerprint density at radius 2 is 1.76 bits per heavy atom. The fourth-order valence-corrected chi connectivity index (χ4v) is 5.08. The fraction of sp³-hybridized carbons (Fsp3) is 0.700. The molecule has 2 bridgehead atoms. The highest BCUT2D eigenvalue weighted by atomic mass is 15.0. The van der Waals surface area contributed by atoms with Crippen LogP contribution < -0.4 is 5.32 Å². The van der Waals surface area contributed by atoms with Gasteiger partial charge >= 0.3 is 0 Å². The number of rotatable bonds is 2. The molecule has 0 amide bonds. The van der Waals surface area contributed by atoms with E-state index in [1.54, 1.807) is 0 Å². The number of anilines is 1. The van der Waals surface area contributed by atoms with E-state index in [-0.39, 0.29) is 5.41 Å². The Labute approximate surface area is 130 Å². The maximum atomic E-state index is 3.98. The van der Waals surface area contributed by atoms with Crippen molar-refractivity contribution in [1.82, 2.24) is 0 Å². The molecule has 1 N–H and O–H groups in total. The lowest BCUT2D eigenvalue weighted by Crippen LogP contribution is -2.46. The molecular weight excluding hydrogens is 254 g/mol. The van der Waals surface area contributed by atoms with Gasteiger partial charge in [-0.15, -0.1) is 0 Å². The predicted octanol–water partition coefficient (Wildman–Crippen LogP) is 5.61. The zero-order valence-electron chi connectivity index (χ0n) is 14.6. The average molecular weight is 285 g/mol. The van der Waals surface area contributed by atoms with E-state index in [4.69, 9.17) is 0 Å². The summed E-state index contributed by atoms with van der Waals surface area (Å²) < 4.78 is 0. The van der Waals surface area contributed by atoms with Gasteiger partial charge in [0.05, 0.1) is 0 Å². The van der Waals surface area contributed by atoms with Gasteiger partial charge in [-0.05, 0) is 53.1 Å². The van der Waals surface area contributed by atoms with Crippen molar-refractivity contribution in [2.45, 2.75) is 72.3 Å². The highest BCUT2D eigenvalue weighted by Crippen LogP contribution is 2.63. The molecule has 2 fully saturated rings. The first kappa shape index (κ1) is 14.9. The summed E-state index contributed by atoms with van der Waals surface area (Å²) in [5.41, 5.74) is 3.84. The van der Waals surface area contributed by atoms with E-state index in [0.717, 1.165) is 5.92 Å². The Morgan fingerprint density at radius 3 is 2.33 bits per heavy atom. The molecule has 1 nitrogen and oxygen atoms in total. The van der Waals surface area contributed by atoms with E-state index < -0.39 is 0 Å². The van der Waals surface area contributed by atoms with E-state index in [9.17, 15) is 0 Å². The number of fused-ring (bicyclic) bond motifs is 2. The zero-order valence-corrected chi connectivity index (χ0v) is 14.6. The van der Waals surface area contributed by atoms with Gasteiger partial charge in [0, 0.05) is 11.7 Å². The predicted molar refractivity (Wildman–Crippen MR) is 91.8 cm³/mol. The molecule has 2 saturated carbocycles. The van der Waals surface area contributed by atoms with E-state index >= 15 is 0 Å². The van der Waals surface area contributed by atoms with Crippen molar-refractivity contribution >= 4 is 5.69 Å². The molecule has 1 unspecified atom stereocenters. The molecule has 0 saturated heterocycles. The van der Waals surface area contributed by atoms with E-state index in [1.165, 1.54) is 30.5 Å². The normalized spacial score (nSPS) is 34.2. The smallest absolute Gasteiger partial charge is 0.0380 e. The van der Waals surface area contributed by atoms with Crippen LogP contribution in [0, 0.1) is 16.7 Å². The molecule has 3 rings (SSSR count). The molecule has 0 aromatic heterocycles. The largest absolute Gasteiger partial charge is 0.381 e. The number of hydrogen-bond donors (Lipinski definition) is 1. The summed E-state index contributed by atoms with van der Waals surface area (Å²) in [6.45, 7) is 14.4. The molecule has 1 aromatic carbocycles. The van der Waals surface area contributed by atoms with Crippen molar-refractivity contribution in [2.24, 2.45) is 16.7 Å². The van der Waals surface area contributed by atoms with E-state index in [2.05, 4.69) is 71.1 Å². The van der Waals surface area contributed by atoms with Gasteiger partial charge in [-0.2, -0.15) is 0 Å². The van der Waals surface area contributed by atoms with Gasteiger partial charge in [-0.25, -0.2) is 0 Å². The van der Waals surface area contributed by atoms with Crippen LogP contribution in [0.1, 0.15) is 66.4 Å². The molecule has 3 atom stereocenters. The topological polar surface area (TPSA) is 12.0 Å². The zero-order chi connectivity index (χ0) is 15.5. The highest BCUT2D eigenvalue weighted by molar-refractivity contribution is 5.55. The molecule has 1 heteroatoms. The third-order valence-electron chi connectivity index (χ3n) is 6.30. The summed E-state index contributed by atoms with van der Waals surface area (Å²) in [5.74, 6) is 0.891. The van der Waals surface area contributed by atoms with Crippen molar-refractivity contribution in [3.8, 4) is 0 Å². The van der Waals surface area contributed by atoms with Crippen molar-refractivity contribution in [2.75, 3.05) is 5.32 Å². The van der Waals surface area contributed by atoms with Gasteiger partial charge in [0.1, 0.15) is 0 Å². The summed E-state index contributed by atoms with van der Waals surface area (Å²) in [4.78, 5) is 0. The van der Waals surface area contributed by atoms with E-state index in [1.807, 2.05) is 0 Å². The molecule has 0 aliphatic heterocycles. The number of para-hydroxylation sites is 1. The number of benzene rings is 1. The Hall–Kier alpha value is -0.980. The Morgan fingerprint density at radius 1 is 1.10 bits per heavy atom. The maximum absolute atomic E-state index is 3.98. The van der Waals surface area contributed by atoms with Crippen LogP contribution >= 0.6 is 0 Å². The lowest BCUT2D eigenvalue weighted by atomic mass is 9.68. The second-order valence-corrected chi connectivity index (χ2v) is 9.29. The minimum absolute atomic E-state index is 0.187. The van der Waals surface area contributed by atoms with Crippen LogP contribution in [0.2, 0.25) is 0 Å². The van der Waals surface area contributed by atoms with Crippen molar-refractivity contribution in [3.63, 3.8) is 0 Å². The molecule has 1 aromatic rings. The van der Waals surface area contributed by atoms with Crippen LogP contribution in [0.5, 0.6) is 0 Å². The maximum Gasteiger partial charge on any atom is 0.0380 e. The second kappa shape index (κ2) is 4.51. The van der Waals surface area contributed by atoms with Gasteiger partial charge in [-0.3, -0.25) is 0 Å². The highest BCUT2D eigenvalue weighted by Gasteiger charge is 2.59. The van der Waals surface area contributed by atoms with Gasteiger partial charge in [0.15, 0.2) is 0 Å². The number of nitrogens with one attached hydrogen (secondary N) is 1. The monoisotopic (exact) mass is 285 g/mol. The van der Waals surface area contributed by atoms with Crippen LogP contribution in [-0.4, -0.2) is 6.04 Å². The third-order valence-corrected chi connectivity index (χ3v) is 6.30. The van der Waals surface area contributed by atoms with Crippen LogP contribution in [0.25, 0.3) is 0 Å².